The smallest absolute Gasteiger partial charge is 0.0402 e. The van der Waals surface area contributed by atoms with Gasteiger partial charge in [0.15, 0.2) is 0 Å². The Morgan fingerprint density at radius 3 is 1.83 bits per heavy atom. The van der Waals surface area contributed by atoms with Gasteiger partial charge in [-0.3, -0.25) is 0 Å². The monoisotopic (exact) mass is 175 g/mol. The fourth-order valence-electron chi connectivity index (χ4n) is 0.661. The lowest BCUT2D eigenvalue weighted by molar-refractivity contribution is 0.318. The van der Waals surface area contributed by atoms with Crippen molar-refractivity contribution in [2.24, 2.45) is 5.92 Å². The van der Waals surface area contributed by atoms with Gasteiger partial charge in [0.25, 0.3) is 0 Å². The Kier molecular flexibility index (Phi) is 13.1. The molecule has 0 amide bonds. The standard InChI is InChI=1S/C8H19N.C2H6O/c1-7(2)5-6-9-8(3)4;1-2-3/h7-9H,5-6H2,1-4H3;3H,2H2,1H3. The molecule has 0 saturated carbocycles. The first-order valence-electron chi connectivity index (χ1n) is 4.88. The van der Waals surface area contributed by atoms with Crippen LogP contribution in [0.15, 0.2) is 0 Å². The first-order chi connectivity index (χ1) is 5.54. The first kappa shape index (κ1) is 14.4. The SMILES string of the molecule is CC(C)CCNC(C)C.CCO. The molecule has 2 nitrogen and oxygen atoms in total. The minimum atomic E-state index is 0.250. The van der Waals surface area contributed by atoms with Crippen molar-refractivity contribution < 1.29 is 5.11 Å². The minimum Gasteiger partial charge on any atom is -0.397 e. The van der Waals surface area contributed by atoms with Crippen LogP contribution in [0.25, 0.3) is 0 Å². The van der Waals surface area contributed by atoms with E-state index in [2.05, 4.69) is 33.0 Å². The van der Waals surface area contributed by atoms with Gasteiger partial charge in [0.1, 0.15) is 0 Å². The van der Waals surface area contributed by atoms with Crippen molar-refractivity contribution >= 4 is 0 Å². The second-order valence-electron chi connectivity index (χ2n) is 3.61. The average Bonchev–Trinajstić information content (AvgIpc) is 1.87. The second-order valence-corrected chi connectivity index (χ2v) is 3.61. The van der Waals surface area contributed by atoms with Crippen LogP contribution in [-0.2, 0) is 0 Å². The van der Waals surface area contributed by atoms with Gasteiger partial charge in [0, 0.05) is 12.6 Å². The summed E-state index contributed by atoms with van der Waals surface area (Å²) < 4.78 is 0. The quantitative estimate of drug-likeness (QED) is 0.685. The lowest BCUT2D eigenvalue weighted by Crippen LogP contribution is -2.24. The third-order valence-electron chi connectivity index (χ3n) is 1.27. The van der Waals surface area contributed by atoms with Crippen LogP contribution in [0.1, 0.15) is 41.0 Å². The van der Waals surface area contributed by atoms with E-state index in [-0.39, 0.29) is 6.61 Å². The summed E-state index contributed by atoms with van der Waals surface area (Å²) in [6, 6.07) is 0.642. The zero-order valence-corrected chi connectivity index (χ0v) is 9.22. The maximum absolute atomic E-state index is 7.57. The highest BCUT2D eigenvalue weighted by Crippen LogP contribution is 1.96. The molecule has 2 heteroatoms. The highest BCUT2D eigenvalue weighted by Gasteiger charge is 1.93. The zero-order chi connectivity index (χ0) is 9.98. The van der Waals surface area contributed by atoms with E-state index >= 15 is 0 Å². The molecule has 0 heterocycles. The van der Waals surface area contributed by atoms with Crippen molar-refractivity contribution in [2.45, 2.75) is 47.1 Å². The number of aliphatic hydroxyl groups is 1. The number of nitrogens with one attached hydrogen (secondary N) is 1. The second kappa shape index (κ2) is 10.9. The molecule has 0 unspecified atom stereocenters. The van der Waals surface area contributed by atoms with Crippen molar-refractivity contribution in [3.05, 3.63) is 0 Å². The summed E-state index contributed by atoms with van der Waals surface area (Å²) in [5.74, 6) is 0.830. The lowest BCUT2D eigenvalue weighted by Gasteiger charge is -2.08. The van der Waals surface area contributed by atoms with Crippen LogP contribution in [0, 0.1) is 5.92 Å². The Labute approximate surface area is 77.4 Å². The maximum Gasteiger partial charge on any atom is 0.0402 e. The number of hydrogen-bond donors (Lipinski definition) is 2. The van der Waals surface area contributed by atoms with Gasteiger partial charge < -0.3 is 10.4 Å². The Morgan fingerprint density at radius 2 is 1.58 bits per heavy atom. The van der Waals surface area contributed by atoms with Crippen LogP contribution in [0.3, 0.4) is 0 Å². The Bertz CT molecular complexity index is 64.2. The summed E-state index contributed by atoms with van der Waals surface area (Å²) in [6.45, 7) is 12.0. The van der Waals surface area contributed by atoms with E-state index < -0.39 is 0 Å². The predicted molar refractivity (Wildman–Crippen MR) is 55.4 cm³/mol. The van der Waals surface area contributed by atoms with Crippen molar-refractivity contribution in [1.29, 1.82) is 0 Å². The molecule has 2 N–H and O–H groups in total. The zero-order valence-electron chi connectivity index (χ0n) is 9.22. The minimum absolute atomic E-state index is 0.250. The number of rotatable bonds is 4. The van der Waals surface area contributed by atoms with Gasteiger partial charge in [0.2, 0.25) is 0 Å². The van der Waals surface area contributed by atoms with Crippen LogP contribution in [-0.4, -0.2) is 24.3 Å². The highest BCUT2D eigenvalue weighted by molar-refractivity contribution is 4.53. The molecule has 12 heavy (non-hydrogen) atoms. The third kappa shape index (κ3) is 22.5. The molecule has 0 aliphatic rings. The van der Waals surface area contributed by atoms with Gasteiger partial charge in [-0.05, 0) is 25.8 Å². The average molecular weight is 175 g/mol. The van der Waals surface area contributed by atoms with E-state index in [9.17, 15) is 0 Å². The topological polar surface area (TPSA) is 32.3 Å². The van der Waals surface area contributed by atoms with Crippen LogP contribution >= 0.6 is 0 Å². The summed E-state index contributed by atoms with van der Waals surface area (Å²) in [7, 11) is 0. The summed E-state index contributed by atoms with van der Waals surface area (Å²) >= 11 is 0. The van der Waals surface area contributed by atoms with E-state index in [1.165, 1.54) is 6.42 Å². The van der Waals surface area contributed by atoms with Gasteiger partial charge >= 0.3 is 0 Å². The molecule has 0 aliphatic carbocycles. The molecule has 0 aliphatic heterocycles. The normalized spacial score (nSPS) is 10.0. The Balaban J connectivity index is 0. The van der Waals surface area contributed by atoms with Crippen molar-refractivity contribution in [2.75, 3.05) is 13.2 Å². The van der Waals surface area contributed by atoms with Crippen LogP contribution in [0.2, 0.25) is 0 Å². The van der Waals surface area contributed by atoms with E-state index in [1.807, 2.05) is 0 Å². The molecule has 0 spiro atoms. The summed E-state index contributed by atoms with van der Waals surface area (Å²) in [5, 5.41) is 10.9. The van der Waals surface area contributed by atoms with E-state index in [1.54, 1.807) is 6.92 Å². The first-order valence-corrected chi connectivity index (χ1v) is 4.88. The molecule has 0 saturated heterocycles. The summed E-state index contributed by atoms with van der Waals surface area (Å²) in [4.78, 5) is 0. The van der Waals surface area contributed by atoms with Gasteiger partial charge in [0.05, 0.1) is 0 Å². The Morgan fingerprint density at radius 1 is 1.17 bits per heavy atom. The molecular formula is C10H25NO. The molecule has 0 bridgehead atoms. The predicted octanol–water partition coefficient (Wildman–Crippen LogP) is 2.03. The van der Waals surface area contributed by atoms with Crippen molar-refractivity contribution in [3.63, 3.8) is 0 Å². The number of hydrogen-bond acceptors (Lipinski definition) is 2. The lowest BCUT2D eigenvalue weighted by atomic mass is 10.1. The molecule has 0 fully saturated rings. The number of aliphatic hydroxyl groups excluding tert-OH is 1. The van der Waals surface area contributed by atoms with Gasteiger partial charge in [-0.1, -0.05) is 27.7 Å². The fourth-order valence-corrected chi connectivity index (χ4v) is 0.661. The van der Waals surface area contributed by atoms with E-state index in [0.29, 0.717) is 6.04 Å². The molecule has 0 aromatic carbocycles. The van der Waals surface area contributed by atoms with Crippen LogP contribution in [0.5, 0.6) is 0 Å². The fraction of sp³-hybridized carbons (Fsp3) is 1.00. The molecule has 76 valence electrons. The van der Waals surface area contributed by atoms with Crippen LogP contribution in [0.4, 0.5) is 0 Å². The molecule has 0 aromatic heterocycles. The summed E-state index contributed by atoms with van der Waals surface area (Å²) in [6.07, 6.45) is 1.29. The van der Waals surface area contributed by atoms with Gasteiger partial charge in [-0.15, -0.1) is 0 Å². The van der Waals surface area contributed by atoms with Crippen molar-refractivity contribution in [1.82, 2.24) is 5.32 Å². The molecule has 0 aromatic rings. The van der Waals surface area contributed by atoms with E-state index in [0.717, 1.165) is 12.5 Å². The largest absolute Gasteiger partial charge is 0.397 e. The maximum atomic E-state index is 7.57. The molecular weight excluding hydrogens is 150 g/mol. The molecule has 0 radical (unpaired) electrons. The molecule has 0 atom stereocenters. The summed E-state index contributed by atoms with van der Waals surface area (Å²) in [5.41, 5.74) is 0. The van der Waals surface area contributed by atoms with E-state index in [4.69, 9.17) is 5.11 Å². The van der Waals surface area contributed by atoms with Crippen molar-refractivity contribution in [3.8, 4) is 0 Å². The Hall–Kier alpha value is -0.0800. The molecule has 0 rings (SSSR count). The highest BCUT2D eigenvalue weighted by atomic mass is 16.2. The van der Waals surface area contributed by atoms with Crippen LogP contribution < -0.4 is 5.32 Å². The van der Waals surface area contributed by atoms with Gasteiger partial charge in [-0.25, -0.2) is 0 Å². The third-order valence-corrected chi connectivity index (χ3v) is 1.27. The van der Waals surface area contributed by atoms with Gasteiger partial charge in [-0.2, -0.15) is 0 Å².